The van der Waals surface area contributed by atoms with Gasteiger partial charge in [0.2, 0.25) is 5.91 Å². The van der Waals surface area contributed by atoms with Crippen molar-refractivity contribution < 1.29 is 22.7 Å². The van der Waals surface area contributed by atoms with E-state index in [9.17, 15) is 18.0 Å². The first kappa shape index (κ1) is 23.4. The van der Waals surface area contributed by atoms with Gasteiger partial charge in [-0.2, -0.15) is 13.2 Å². The Morgan fingerprint density at radius 2 is 1.79 bits per heavy atom. The molecule has 0 aromatic heterocycles. The molecule has 0 spiro atoms. The van der Waals surface area contributed by atoms with Crippen molar-refractivity contribution in [2.45, 2.75) is 38.0 Å². The largest absolute Gasteiger partial charge is 0.497 e. The van der Waals surface area contributed by atoms with Crippen molar-refractivity contribution in [1.82, 2.24) is 9.80 Å². The number of rotatable bonds is 6. The number of hydrogen-bond acceptors (Lipinski definition) is 3. The van der Waals surface area contributed by atoms with E-state index in [4.69, 9.17) is 4.74 Å². The average molecular weight is 459 g/mol. The fraction of sp³-hybridized carbons (Fsp3) is 0.423. The zero-order chi connectivity index (χ0) is 23.4. The number of hydrogen-bond donors (Lipinski definition) is 0. The highest BCUT2D eigenvalue weighted by molar-refractivity contribution is 5.77. The molecule has 0 unspecified atom stereocenters. The molecule has 2 aliphatic rings. The Morgan fingerprint density at radius 1 is 1.06 bits per heavy atom. The van der Waals surface area contributed by atoms with Crippen molar-refractivity contribution in [3.63, 3.8) is 0 Å². The number of amides is 1. The number of fused-ring (bicyclic) bond motifs is 1. The second kappa shape index (κ2) is 10.00. The molecule has 2 fully saturated rings. The Hall–Kier alpha value is -2.80. The predicted molar refractivity (Wildman–Crippen MR) is 122 cm³/mol. The van der Waals surface area contributed by atoms with Gasteiger partial charge in [0.25, 0.3) is 0 Å². The molecule has 0 bridgehead atoms. The van der Waals surface area contributed by atoms with Crippen LogP contribution in [-0.2, 0) is 17.5 Å². The molecule has 4 nitrogen and oxygen atoms in total. The molecular formula is C26H29F3N2O2. The van der Waals surface area contributed by atoms with Crippen LogP contribution in [0.1, 0.15) is 36.0 Å². The van der Waals surface area contributed by atoms with Crippen LogP contribution in [-0.4, -0.2) is 48.5 Å². The van der Waals surface area contributed by atoms with Crippen molar-refractivity contribution in [2.24, 2.45) is 5.92 Å². The lowest BCUT2D eigenvalue weighted by molar-refractivity contribution is -0.142. The molecular weight excluding hydrogens is 429 g/mol. The Labute approximate surface area is 192 Å². The fourth-order valence-corrected chi connectivity index (χ4v) is 4.85. The van der Waals surface area contributed by atoms with E-state index >= 15 is 0 Å². The van der Waals surface area contributed by atoms with Crippen molar-refractivity contribution in [3.05, 3.63) is 71.3 Å². The molecule has 2 aromatic rings. The first-order chi connectivity index (χ1) is 15.8. The van der Waals surface area contributed by atoms with Gasteiger partial charge in [0.15, 0.2) is 0 Å². The molecule has 2 aromatic carbocycles. The third-order valence-corrected chi connectivity index (χ3v) is 6.65. The summed E-state index contributed by atoms with van der Waals surface area (Å²) in [5.41, 5.74) is 1.20. The molecule has 1 amide bonds. The summed E-state index contributed by atoms with van der Waals surface area (Å²) in [6, 6.07) is 13.2. The van der Waals surface area contributed by atoms with Crippen LogP contribution in [0.4, 0.5) is 13.2 Å². The Morgan fingerprint density at radius 3 is 2.45 bits per heavy atom. The van der Waals surface area contributed by atoms with Crippen molar-refractivity contribution >= 4 is 12.0 Å². The molecule has 0 aliphatic carbocycles. The number of benzene rings is 2. The number of methoxy groups -OCH3 is 1. The van der Waals surface area contributed by atoms with E-state index in [0.717, 1.165) is 61.5 Å². The minimum atomic E-state index is -4.35. The van der Waals surface area contributed by atoms with Gasteiger partial charge in [-0.1, -0.05) is 36.4 Å². The molecule has 0 saturated carbocycles. The van der Waals surface area contributed by atoms with E-state index in [1.165, 1.54) is 12.1 Å². The van der Waals surface area contributed by atoms with Crippen molar-refractivity contribution in [2.75, 3.05) is 26.7 Å². The minimum absolute atomic E-state index is 0.101. The van der Waals surface area contributed by atoms with Crippen molar-refractivity contribution in [1.29, 1.82) is 0 Å². The normalized spacial score (nSPS) is 21.9. The maximum atomic E-state index is 12.8. The molecule has 0 N–H and O–H groups in total. The van der Waals surface area contributed by atoms with Crippen LogP contribution in [0.5, 0.6) is 5.75 Å². The molecule has 4 rings (SSSR count). The molecule has 7 heteroatoms. The molecule has 176 valence electrons. The van der Waals surface area contributed by atoms with Crippen LogP contribution >= 0.6 is 0 Å². The number of ether oxygens (including phenoxy) is 1. The van der Waals surface area contributed by atoms with Gasteiger partial charge >= 0.3 is 6.18 Å². The van der Waals surface area contributed by atoms with Crippen LogP contribution in [0.3, 0.4) is 0 Å². The summed E-state index contributed by atoms with van der Waals surface area (Å²) < 4.78 is 43.7. The van der Waals surface area contributed by atoms with Crippen LogP contribution < -0.4 is 4.74 Å². The predicted octanol–water partition coefficient (Wildman–Crippen LogP) is 5.24. The van der Waals surface area contributed by atoms with Gasteiger partial charge in [-0.3, -0.25) is 9.69 Å². The number of piperidine rings is 2. The smallest absolute Gasteiger partial charge is 0.416 e. The zero-order valence-electron chi connectivity index (χ0n) is 18.7. The third-order valence-electron chi connectivity index (χ3n) is 6.65. The van der Waals surface area contributed by atoms with Crippen molar-refractivity contribution in [3.8, 4) is 5.75 Å². The molecule has 0 radical (unpaired) electrons. The quantitative estimate of drug-likeness (QED) is 0.594. The van der Waals surface area contributed by atoms with Gasteiger partial charge in [-0.15, -0.1) is 0 Å². The van der Waals surface area contributed by atoms with Gasteiger partial charge in [0.05, 0.1) is 12.7 Å². The molecule has 2 heterocycles. The number of likely N-dealkylation sites (tertiary alicyclic amines) is 2. The topological polar surface area (TPSA) is 32.8 Å². The van der Waals surface area contributed by atoms with E-state index < -0.39 is 11.7 Å². The molecule has 2 saturated heterocycles. The van der Waals surface area contributed by atoms with Crippen LogP contribution in [0.2, 0.25) is 0 Å². The Balaban J connectivity index is 1.34. The van der Waals surface area contributed by atoms with E-state index in [-0.39, 0.29) is 11.9 Å². The van der Waals surface area contributed by atoms with Gasteiger partial charge in [0, 0.05) is 38.6 Å². The number of carbonyl (C=O) groups is 1. The maximum Gasteiger partial charge on any atom is 0.416 e. The Kier molecular flexibility index (Phi) is 7.08. The first-order valence-electron chi connectivity index (χ1n) is 11.3. The zero-order valence-corrected chi connectivity index (χ0v) is 18.7. The lowest BCUT2D eigenvalue weighted by atomic mass is 9.83. The van der Waals surface area contributed by atoms with Crippen LogP contribution in [0, 0.1) is 5.92 Å². The summed E-state index contributed by atoms with van der Waals surface area (Å²) in [5.74, 6) is 1.33. The summed E-state index contributed by atoms with van der Waals surface area (Å²) in [6.45, 7) is 3.04. The second-order valence-electron chi connectivity index (χ2n) is 8.81. The lowest BCUT2D eigenvalue weighted by Crippen LogP contribution is -2.55. The van der Waals surface area contributed by atoms with Gasteiger partial charge in [-0.25, -0.2) is 0 Å². The highest BCUT2D eigenvalue weighted by atomic mass is 19.4. The highest BCUT2D eigenvalue weighted by Gasteiger charge is 2.39. The SMILES string of the molecule is COc1ccc(/C=C/CN2CC[C@H]3[C@H](CCC(=O)N3Cc3ccc(C(F)(F)F)cc3)C2)cc1. The average Bonchev–Trinajstić information content (AvgIpc) is 2.81. The van der Waals surface area contributed by atoms with E-state index in [1.807, 2.05) is 29.2 Å². The summed E-state index contributed by atoms with van der Waals surface area (Å²) in [5, 5.41) is 0. The number of alkyl halides is 3. The Bertz CT molecular complexity index is 971. The minimum Gasteiger partial charge on any atom is -0.497 e. The fourth-order valence-electron chi connectivity index (χ4n) is 4.85. The number of nitrogens with zero attached hydrogens (tertiary/aromatic N) is 2. The standard InChI is InChI=1S/C26H29F3N2O2/c1-33-23-11-6-19(7-12-23)3-2-15-30-16-14-24-21(18-30)8-13-25(32)31(24)17-20-4-9-22(10-5-20)26(27,28)29/h2-7,9-12,21,24H,8,13-18H2,1H3/b3-2+/t21-,24+/m1/s1. The summed E-state index contributed by atoms with van der Waals surface area (Å²) in [7, 11) is 1.65. The van der Waals surface area contributed by atoms with Gasteiger partial charge < -0.3 is 9.64 Å². The lowest BCUT2D eigenvalue weighted by Gasteiger charge is -2.47. The van der Waals surface area contributed by atoms with Gasteiger partial charge in [0.1, 0.15) is 5.75 Å². The molecule has 2 atom stereocenters. The van der Waals surface area contributed by atoms with Gasteiger partial charge in [-0.05, 0) is 54.2 Å². The van der Waals surface area contributed by atoms with Crippen LogP contribution in [0.25, 0.3) is 6.08 Å². The highest BCUT2D eigenvalue weighted by Crippen LogP contribution is 2.33. The van der Waals surface area contributed by atoms with E-state index in [2.05, 4.69) is 17.1 Å². The molecule has 2 aliphatic heterocycles. The maximum absolute atomic E-state index is 12.8. The second-order valence-corrected chi connectivity index (χ2v) is 8.81. The number of halogens is 3. The van der Waals surface area contributed by atoms with E-state index in [0.29, 0.717) is 18.9 Å². The monoisotopic (exact) mass is 458 g/mol. The molecule has 33 heavy (non-hydrogen) atoms. The summed E-state index contributed by atoms with van der Waals surface area (Å²) in [4.78, 5) is 16.9. The number of carbonyl (C=O) groups excluding carboxylic acids is 1. The summed E-state index contributed by atoms with van der Waals surface area (Å²) in [6.07, 6.45) is 2.17. The van der Waals surface area contributed by atoms with E-state index in [1.54, 1.807) is 7.11 Å². The van der Waals surface area contributed by atoms with Crippen LogP contribution in [0.15, 0.2) is 54.6 Å². The third kappa shape index (κ3) is 5.77. The summed E-state index contributed by atoms with van der Waals surface area (Å²) >= 11 is 0. The first-order valence-corrected chi connectivity index (χ1v) is 11.3.